The van der Waals surface area contributed by atoms with E-state index in [0.717, 1.165) is 73.4 Å². The van der Waals surface area contributed by atoms with Gasteiger partial charge in [0.05, 0.1) is 20.3 Å². The van der Waals surface area contributed by atoms with Crippen molar-refractivity contribution in [3.05, 3.63) is 156 Å². The molecule has 0 saturated carbocycles. The van der Waals surface area contributed by atoms with E-state index in [9.17, 15) is 16.8 Å². The van der Waals surface area contributed by atoms with E-state index >= 15 is 0 Å². The number of rotatable bonds is 24. The van der Waals surface area contributed by atoms with Gasteiger partial charge < -0.3 is 9.47 Å². The predicted octanol–water partition coefficient (Wildman–Crippen LogP) is 24.8. The van der Waals surface area contributed by atoms with Crippen molar-refractivity contribution in [2.24, 2.45) is 59.2 Å². The molecular weight excluding hydrogens is 1180 g/mol. The lowest BCUT2D eigenvalue weighted by Gasteiger charge is -2.11. The van der Waals surface area contributed by atoms with E-state index in [2.05, 4.69) is 260 Å². The molecule has 0 bridgehead atoms. The Morgan fingerprint density at radius 1 is 0.323 bits per heavy atom. The minimum Gasteiger partial charge on any atom is -0.457 e. The summed E-state index contributed by atoms with van der Waals surface area (Å²) >= 11 is 0. The summed E-state index contributed by atoms with van der Waals surface area (Å²) < 4.78 is 59.5. The maximum absolute atomic E-state index is 12.1. The molecule has 8 heteroatoms. The molecule has 0 aliphatic rings. The Morgan fingerprint density at radius 2 is 0.570 bits per heavy atom. The Hall–Kier alpha value is -5.12. The van der Waals surface area contributed by atoms with Gasteiger partial charge in [-0.3, -0.25) is 0 Å². The van der Waals surface area contributed by atoms with Gasteiger partial charge in [0.25, 0.3) is 0 Å². The molecule has 0 fully saturated rings. The lowest BCUT2D eigenvalue weighted by atomic mass is 10.0. The van der Waals surface area contributed by atoms with Gasteiger partial charge in [-0.1, -0.05) is 281 Å². The summed E-state index contributed by atoms with van der Waals surface area (Å²) in [5.74, 6) is 20.6. The van der Waals surface area contributed by atoms with Crippen molar-refractivity contribution in [2.75, 3.05) is 13.2 Å². The quantitative estimate of drug-likeness (QED) is 0.0452. The number of hydrogen-bond acceptors (Lipinski definition) is 6. The smallest absolute Gasteiger partial charge is 0.180 e. The van der Waals surface area contributed by atoms with Crippen LogP contribution in [0.2, 0.25) is 0 Å². The Morgan fingerprint density at radius 3 is 0.763 bits per heavy atom. The lowest BCUT2D eigenvalue weighted by molar-refractivity contribution is 0.114. The zero-order valence-electron chi connectivity index (χ0n) is 64.5. The van der Waals surface area contributed by atoms with Gasteiger partial charge in [0.1, 0.15) is 11.5 Å². The van der Waals surface area contributed by atoms with Crippen molar-refractivity contribution in [1.82, 2.24) is 0 Å². The van der Waals surface area contributed by atoms with Gasteiger partial charge in [-0.05, 0) is 196 Å². The molecular formula is C85H140O6S2. The SMILES string of the molecule is CC.CC(C)CC#CC#CCC(C)C.CC(C)CCC(C)C.CC(C)CCOCCC(C)C.CC(C)Cc1ccccc1.CC(C)Cc1ccccc1.CC(C)Cc1ccccc1.CC(C)S(=O)(=O)c1ccc(Oc2ccc(S(=O)(=O)C(C)C)cc2)cc1.CCC(C)C. The third-order valence-corrected chi connectivity index (χ3v) is 17.7. The van der Waals surface area contributed by atoms with Crippen molar-refractivity contribution >= 4 is 19.7 Å². The van der Waals surface area contributed by atoms with Crippen molar-refractivity contribution in [2.45, 2.75) is 271 Å². The molecule has 0 atom stereocenters. The summed E-state index contributed by atoms with van der Waals surface area (Å²) in [5.41, 5.74) is 4.33. The fourth-order valence-corrected chi connectivity index (χ4v) is 9.46. The van der Waals surface area contributed by atoms with Crippen LogP contribution >= 0.6 is 0 Å². The van der Waals surface area contributed by atoms with Gasteiger partial charge in [0.15, 0.2) is 19.7 Å². The molecule has 0 amide bonds. The van der Waals surface area contributed by atoms with E-state index in [1.54, 1.807) is 52.0 Å². The topological polar surface area (TPSA) is 86.7 Å². The molecule has 0 radical (unpaired) electrons. The Labute approximate surface area is 577 Å². The minimum absolute atomic E-state index is 0.244. The van der Waals surface area contributed by atoms with Crippen LogP contribution in [0.1, 0.15) is 249 Å². The van der Waals surface area contributed by atoms with Crippen LogP contribution in [0.15, 0.2) is 149 Å². The first kappa shape index (κ1) is 94.3. The van der Waals surface area contributed by atoms with Crippen molar-refractivity contribution in [3.63, 3.8) is 0 Å². The fourth-order valence-electron chi connectivity index (χ4n) is 7.34. The monoisotopic (exact) mass is 1320 g/mol. The molecule has 528 valence electrons. The molecule has 0 spiro atoms. The van der Waals surface area contributed by atoms with Crippen LogP contribution in [-0.4, -0.2) is 40.5 Å². The summed E-state index contributed by atoms with van der Waals surface area (Å²) in [6.45, 7) is 59.2. The van der Waals surface area contributed by atoms with Crippen molar-refractivity contribution < 1.29 is 26.3 Å². The summed E-state index contributed by atoms with van der Waals surface area (Å²) in [6.07, 6.45) is 12.0. The zero-order chi connectivity index (χ0) is 72.0. The third-order valence-electron chi connectivity index (χ3n) is 13.3. The standard InChI is InChI=1S/C18H22O5S2.C12H18.C10H22O.3C10H14.C8H18.C5H12.C2H6/c1-13(2)24(19,20)17-9-5-15(6-10-17)23-16-7-11-18(12-8-16)25(21,22)14(3)4;1-11(2)9-7-5-6-8-10-12(3)4;1-9(2)5-7-11-8-6-10(3)4;3*1-9(2)8-10-6-4-3-5-7-10;1-7(2)5-6-8(3)4;1-4-5(2)3;1-2/h5-14H,1-4H3;11-12H,9-10H2,1-4H3;9-10H,5-8H2,1-4H3;3*3-7,9H,8H2,1-2H3;7-8H,5-6H2,1-4H3;5H,4H2,1-3H3;1-2H3. The summed E-state index contributed by atoms with van der Waals surface area (Å²) in [6, 6.07) is 44.1. The summed E-state index contributed by atoms with van der Waals surface area (Å²) in [4.78, 5) is 0.487. The van der Waals surface area contributed by atoms with Gasteiger partial charge in [-0.2, -0.15) is 0 Å². The van der Waals surface area contributed by atoms with Crippen molar-refractivity contribution in [1.29, 1.82) is 0 Å². The van der Waals surface area contributed by atoms with Crippen LogP contribution in [0.25, 0.3) is 0 Å². The minimum atomic E-state index is -3.32. The maximum atomic E-state index is 12.1. The van der Waals surface area contributed by atoms with Gasteiger partial charge in [0, 0.05) is 26.1 Å². The maximum Gasteiger partial charge on any atom is 0.180 e. The van der Waals surface area contributed by atoms with Crippen LogP contribution in [-0.2, 0) is 43.7 Å². The van der Waals surface area contributed by atoms with Crippen LogP contribution in [0.3, 0.4) is 0 Å². The van der Waals surface area contributed by atoms with Gasteiger partial charge >= 0.3 is 0 Å². The molecule has 5 aromatic carbocycles. The van der Waals surface area contributed by atoms with E-state index in [4.69, 9.17) is 9.47 Å². The first-order chi connectivity index (χ1) is 43.6. The third kappa shape index (κ3) is 59.1. The Bertz CT molecular complexity index is 2570. The first-order valence-corrected chi connectivity index (χ1v) is 38.7. The number of hydrogen-bond donors (Lipinski definition) is 0. The highest BCUT2D eigenvalue weighted by Gasteiger charge is 2.20. The normalized spacial score (nSPS) is 10.7. The van der Waals surface area contributed by atoms with Crippen LogP contribution in [0, 0.1) is 82.9 Å². The molecule has 6 nitrogen and oxygen atoms in total. The van der Waals surface area contributed by atoms with E-state index in [1.807, 2.05) is 13.8 Å². The second-order valence-electron chi connectivity index (χ2n) is 28.4. The molecule has 0 unspecified atom stereocenters. The lowest BCUT2D eigenvalue weighted by Crippen LogP contribution is -2.13. The molecule has 0 N–H and O–H groups in total. The highest BCUT2D eigenvalue weighted by atomic mass is 32.2. The van der Waals surface area contributed by atoms with E-state index < -0.39 is 30.2 Å². The van der Waals surface area contributed by atoms with Gasteiger partial charge in [0.2, 0.25) is 0 Å². The van der Waals surface area contributed by atoms with Crippen molar-refractivity contribution in [3.8, 4) is 35.2 Å². The van der Waals surface area contributed by atoms with Crippen LogP contribution < -0.4 is 4.74 Å². The largest absolute Gasteiger partial charge is 0.457 e. The van der Waals surface area contributed by atoms with Gasteiger partial charge in [-0.15, -0.1) is 0 Å². The molecule has 0 aromatic heterocycles. The highest BCUT2D eigenvalue weighted by molar-refractivity contribution is 7.92. The average Bonchev–Trinajstić information content (AvgIpc) is 0.860. The molecule has 0 aliphatic carbocycles. The molecule has 0 saturated heterocycles. The van der Waals surface area contributed by atoms with E-state index in [0.29, 0.717) is 23.3 Å². The van der Waals surface area contributed by atoms with E-state index in [-0.39, 0.29) is 9.79 Å². The molecule has 5 aromatic rings. The number of ether oxygens (including phenoxy) is 2. The highest BCUT2D eigenvalue weighted by Crippen LogP contribution is 2.27. The molecule has 0 heterocycles. The van der Waals surface area contributed by atoms with Crippen LogP contribution in [0.5, 0.6) is 11.5 Å². The number of benzene rings is 5. The Balaban J connectivity index is -0.000000507. The summed E-state index contributed by atoms with van der Waals surface area (Å²) in [7, 11) is -6.64. The zero-order valence-corrected chi connectivity index (χ0v) is 66.1. The van der Waals surface area contributed by atoms with Crippen LogP contribution in [0.4, 0.5) is 0 Å². The average molecular weight is 1320 g/mol. The predicted molar refractivity (Wildman–Crippen MR) is 412 cm³/mol. The van der Waals surface area contributed by atoms with Gasteiger partial charge in [-0.25, -0.2) is 16.8 Å². The molecule has 93 heavy (non-hydrogen) atoms. The van der Waals surface area contributed by atoms with E-state index in [1.165, 1.54) is 92.3 Å². The molecule has 5 rings (SSSR count). The second-order valence-corrected chi connectivity index (χ2v) is 33.4. The molecule has 0 aliphatic heterocycles. The summed E-state index contributed by atoms with van der Waals surface area (Å²) in [5, 5.41) is -0.982. The fraction of sp³-hybridized carbons (Fsp3) is 0.600. The first-order valence-electron chi connectivity index (χ1n) is 35.6. The second kappa shape index (κ2) is 58.3. The number of sulfone groups is 2. The Kier molecular flexibility index (Phi) is 59.1.